The first kappa shape index (κ1) is 22.2. The maximum absolute atomic E-state index is 15.6. The topological polar surface area (TPSA) is 9.23 Å². The zero-order chi connectivity index (χ0) is 21.1. The number of benzene rings is 1. The van der Waals surface area contributed by atoms with Crippen molar-refractivity contribution < 1.29 is 13.5 Å². The van der Waals surface area contributed by atoms with Crippen LogP contribution in [0.4, 0.5) is 8.78 Å². The first-order valence-corrected chi connectivity index (χ1v) is 12.7. The summed E-state index contributed by atoms with van der Waals surface area (Å²) in [7, 11) is 0. The number of fused-ring (bicyclic) bond motifs is 2. The maximum Gasteiger partial charge on any atom is 0.133 e. The summed E-state index contributed by atoms with van der Waals surface area (Å²) in [6, 6.07) is 1.71. The van der Waals surface area contributed by atoms with Gasteiger partial charge in [-0.3, -0.25) is 0 Å². The Morgan fingerprint density at radius 2 is 1.77 bits per heavy atom. The van der Waals surface area contributed by atoms with Gasteiger partial charge in [0.2, 0.25) is 0 Å². The number of hydrogen-bond acceptors (Lipinski definition) is 1. The van der Waals surface area contributed by atoms with Crippen molar-refractivity contribution in [3.8, 4) is 0 Å². The Balaban J connectivity index is 1.45. The number of hydrogen-bond donors (Lipinski definition) is 0. The van der Waals surface area contributed by atoms with E-state index < -0.39 is 0 Å². The average Bonchev–Trinajstić information content (AvgIpc) is 2.74. The van der Waals surface area contributed by atoms with Crippen LogP contribution in [0.15, 0.2) is 6.07 Å². The summed E-state index contributed by atoms with van der Waals surface area (Å²) < 4.78 is 36.6. The Hall–Kier alpha value is -0.960. The lowest BCUT2D eigenvalue weighted by Crippen LogP contribution is -2.34. The van der Waals surface area contributed by atoms with Crippen molar-refractivity contribution in [3.63, 3.8) is 0 Å². The van der Waals surface area contributed by atoms with E-state index in [1.807, 2.05) is 0 Å². The van der Waals surface area contributed by atoms with Crippen LogP contribution >= 0.6 is 0 Å². The van der Waals surface area contributed by atoms with E-state index in [1.165, 1.54) is 25.7 Å². The quantitative estimate of drug-likeness (QED) is 0.411. The molecule has 0 heterocycles. The fourth-order valence-electron chi connectivity index (χ4n) is 6.74. The van der Waals surface area contributed by atoms with Gasteiger partial charge in [-0.2, -0.15) is 0 Å². The Bertz CT molecular complexity index is 715. The molecule has 1 aromatic carbocycles. The standard InChI is InChI=1S/C27H40F2O/c1-3-5-6-7-18-8-13-24-22(14-18)17-25(28)26(27(24)29)21-10-9-20-16-23(30-4-2)12-11-19(20)15-21/h17-21,23H,3-16H2,1-2H3. The van der Waals surface area contributed by atoms with Gasteiger partial charge in [-0.15, -0.1) is 0 Å². The lowest BCUT2D eigenvalue weighted by Gasteiger charge is -2.42. The van der Waals surface area contributed by atoms with E-state index in [-0.39, 0.29) is 17.6 Å². The Kier molecular flexibility index (Phi) is 7.49. The van der Waals surface area contributed by atoms with Crippen molar-refractivity contribution in [1.29, 1.82) is 0 Å². The van der Waals surface area contributed by atoms with Gasteiger partial charge in [0.05, 0.1) is 6.10 Å². The molecule has 5 atom stereocenters. The van der Waals surface area contributed by atoms with E-state index >= 15 is 8.78 Å². The van der Waals surface area contributed by atoms with Crippen molar-refractivity contribution >= 4 is 0 Å². The van der Waals surface area contributed by atoms with Gasteiger partial charge in [-0.05, 0) is 106 Å². The van der Waals surface area contributed by atoms with Crippen LogP contribution in [0.25, 0.3) is 0 Å². The summed E-state index contributed by atoms with van der Waals surface area (Å²) in [5.41, 5.74) is 2.20. The molecule has 1 aromatic rings. The van der Waals surface area contributed by atoms with Crippen LogP contribution in [-0.2, 0) is 17.6 Å². The molecule has 0 spiro atoms. The highest BCUT2D eigenvalue weighted by molar-refractivity contribution is 5.39. The van der Waals surface area contributed by atoms with Crippen molar-refractivity contribution in [2.45, 2.75) is 109 Å². The minimum atomic E-state index is -0.271. The van der Waals surface area contributed by atoms with E-state index in [1.54, 1.807) is 6.07 Å². The highest BCUT2D eigenvalue weighted by Gasteiger charge is 2.38. The highest BCUT2D eigenvalue weighted by Crippen LogP contribution is 2.48. The zero-order valence-electron chi connectivity index (χ0n) is 19.0. The zero-order valence-corrected chi connectivity index (χ0v) is 19.0. The van der Waals surface area contributed by atoms with Crippen LogP contribution in [-0.4, -0.2) is 12.7 Å². The van der Waals surface area contributed by atoms with E-state index in [0.29, 0.717) is 29.4 Å². The first-order valence-electron chi connectivity index (χ1n) is 12.7. The highest BCUT2D eigenvalue weighted by atomic mass is 19.1. The van der Waals surface area contributed by atoms with Gasteiger partial charge in [-0.25, -0.2) is 8.78 Å². The molecule has 3 aliphatic carbocycles. The third-order valence-electron chi connectivity index (χ3n) is 8.35. The van der Waals surface area contributed by atoms with E-state index in [4.69, 9.17) is 4.74 Å². The summed E-state index contributed by atoms with van der Waals surface area (Å²) in [5.74, 6) is 1.49. The van der Waals surface area contributed by atoms with E-state index in [2.05, 4.69) is 13.8 Å². The molecule has 0 bridgehead atoms. The molecule has 0 saturated heterocycles. The second-order valence-electron chi connectivity index (χ2n) is 10.2. The number of rotatable bonds is 7. The van der Waals surface area contributed by atoms with Crippen molar-refractivity contribution in [1.82, 2.24) is 0 Å². The number of halogens is 2. The van der Waals surface area contributed by atoms with Crippen molar-refractivity contribution in [2.75, 3.05) is 6.61 Å². The molecule has 2 saturated carbocycles. The van der Waals surface area contributed by atoms with Crippen LogP contribution in [0.3, 0.4) is 0 Å². The monoisotopic (exact) mass is 418 g/mol. The van der Waals surface area contributed by atoms with Gasteiger partial charge in [0, 0.05) is 12.2 Å². The van der Waals surface area contributed by atoms with Crippen LogP contribution in [0.5, 0.6) is 0 Å². The van der Waals surface area contributed by atoms with Crippen molar-refractivity contribution in [2.24, 2.45) is 17.8 Å². The van der Waals surface area contributed by atoms with Gasteiger partial charge < -0.3 is 4.74 Å². The molecule has 3 aliphatic rings. The largest absolute Gasteiger partial charge is 0.378 e. The van der Waals surface area contributed by atoms with Gasteiger partial charge in [-0.1, -0.05) is 32.6 Å². The summed E-state index contributed by atoms with van der Waals surface area (Å²) in [5, 5.41) is 0. The second-order valence-corrected chi connectivity index (χ2v) is 10.2. The number of ether oxygens (including phenoxy) is 1. The fourth-order valence-corrected chi connectivity index (χ4v) is 6.74. The minimum Gasteiger partial charge on any atom is -0.378 e. The van der Waals surface area contributed by atoms with Gasteiger partial charge in [0.1, 0.15) is 11.6 Å². The van der Waals surface area contributed by atoms with E-state index in [9.17, 15) is 0 Å². The molecule has 5 unspecified atom stereocenters. The predicted molar refractivity (Wildman–Crippen MR) is 119 cm³/mol. The van der Waals surface area contributed by atoms with Gasteiger partial charge in [0.15, 0.2) is 0 Å². The van der Waals surface area contributed by atoms with Gasteiger partial charge >= 0.3 is 0 Å². The molecule has 30 heavy (non-hydrogen) atoms. The van der Waals surface area contributed by atoms with E-state index in [0.717, 1.165) is 75.5 Å². The average molecular weight is 419 g/mol. The van der Waals surface area contributed by atoms with Crippen LogP contribution in [0.2, 0.25) is 0 Å². The fraction of sp³-hybridized carbons (Fsp3) is 0.778. The molecule has 4 rings (SSSR count). The third-order valence-corrected chi connectivity index (χ3v) is 8.35. The summed E-state index contributed by atoms with van der Waals surface area (Å²) in [6.07, 6.45) is 14.4. The molecule has 1 nitrogen and oxygen atoms in total. The molecular weight excluding hydrogens is 378 g/mol. The molecular formula is C27H40F2O. The molecule has 0 radical (unpaired) electrons. The second kappa shape index (κ2) is 10.1. The normalized spacial score (nSPS) is 31.3. The minimum absolute atomic E-state index is 0.0578. The molecule has 0 amide bonds. The molecule has 0 aromatic heterocycles. The summed E-state index contributed by atoms with van der Waals surface area (Å²) in [4.78, 5) is 0. The molecule has 168 valence electrons. The molecule has 0 N–H and O–H groups in total. The third kappa shape index (κ3) is 4.76. The van der Waals surface area contributed by atoms with Gasteiger partial charge in [0.25, 0.3) is 0 Å². The lowest BCUT2D eigenvalue weighted by molar-refractivity contribution is -0.00984. The number of unbranched alkanes of at least 4 members (excludes halogenated alkanes) is 2. The Morgan fingerprint density at radius 1 is 0.967 bits per heavy atom. The predicted octanol–water partition coefficient (Wildman–Crippen LogP) is 7.74. The lowest BCUT2D eigenvalue weighted by atomic mass is 9.65. The molecule has 2 fully saturated rings. The Morgan fingerprint density at radius 3 is 2.57 bits per heavy atom. The van der Waals surface area contributed by atoms with Crippen molar-refractivity contribution in [3.05, 3.63) is 34.4 Å². The van der Waals surface area contributed by atoms with Crippen LogP contribution in [0.1, 0.15) is 107 Å². The molecule has 0 aliphatic heterocycles. The molecule has 3 heteroatoms. The Labute approximate surface area is 182 Å². The smallest absolute Gasteiger partial charge is 0.133 e. The van der Waals surface area contributed by atoms with Crippen LogP contribution < -0.4 is 0 Å². The van der Waals surface area contributed by atoms with Crippen LogP contribution in [0, 0.1) is 29.4 Å². The first-order chi connectivity index (χ1) is 14.6. The maximum atomic E-state index is 15.6. The summed E-state index contributed by atoms with van der Waals surface area (Å²) in [6.45, 7) is 5.08. The summed E-state index contributed by atoms with van der Waals surface area (Å²) >= 11 is 0. The SMILES string of the molecule is CCCCCC1CCc2c(cc(F)c(C3CCC4CC(OCC)CCC4C3)c2F)C1.